The van der Waals surface area contributed by atoms with Crippen LogP contribution in [-0.2, 0) is 0 Å². The Balaban J connectivity index is 1.94. The van der Waals surface area contributed by atoms with Crippen molar-refractivity contribution in [2.45, 2.75) is 58.0 Å². The maximum Gasteiger partial charge on any atom is 0.0982 e. The number of aliphatic hydroxyl groups is 1. The molecule has 3 heteroatoms. The van der Waals surface area contributed by atoms with Gasteiger partial charge in [-0.2, -0.15) is 0 Å². The summed E-state index contributed by atoms with van der Waals surface area (Å²) in [4.78, 5) is 2.19. The van der Waals surface area contributed by atoms with Crippen LogP contribution >= 0.6 is 0 Å². The highest BCUT2D eigenvalue weighted by molar-refractivity contribution is 4.93. The van der Waals surface area contributed by atoms with Crippen molar-refractivity contribution in [3.8, 4) is 0 Å². The molecule has 0 saturated heterocycles. The summed E-state index contributed by atoms with van der Waals surface area (Å²) in [5, 5.41) is 12.3. The van der Waals surface area contributed by atoms with E-state index in [9.17, 15) is 0 Å². The lowest BCUT2D eigenvalue weighted by molar-refractivity contribution is 0.194. The summed E-state index contributed by atoms with van der Waals surface area (Å²) in [6.07, 6.45) is 17.8. The fourth-order valence-electron chi connectivity index (χ4n) is 2.34. The SMILES string of the molecule is C/C=C/CCCCCCCC1NC=CN1CCO. The average molecular weight is 252 g/mol. The Labute approximate surface area is 112 Å². The minimum absolute atomic E-state index is 0.230. The summed E-state index contributed by atoms with van der Waals surface area (Å²) in [6, 6.07) is 0. The van der Waals surface area contributed by atoms with Gasteiger partial charge < -0.3 is 15.3 Å². The maximum atomic E-state index is 8.95. The molecule has 1 aliphatic heterocycles. The number of allylic oxidation sites excluding steroid dienone is 2. The van der Waals surface area contributed by atoms with Gasteiger partial charge in [-0.3, -0.25) is 0 Å². The molecule has 0 bridgehead atoms. The molecule has 1 atom stereocenters. The van der Waals surface area contributed by atoms with Crippen LogP contribution in [0.5, 0.6) is 0 Å². The smallest absolute Gasteiger partial charge is 0.0982 e. The van der Waals surface area contributed by atoms with Crippen molar-refractivity contribution in [3.05, 3.63) is 24.6 Å². The molecule has 1 aliphatic rings. The van der Waals surface area contributed by atoms with Gasteiger partial charge >= 0.3 is 0 Å². The van der Waals surface area contributed by atoms with Gasteiger partial charge in [0.05, 0.1) is 12.8 Å². The van der Waals surface area contributed by atoms with E-state index < -0.39 is 0 Å². The van der Waals surface area contributed by atoms with E-state index in [0.717, 1.165) is 6.54 Å². The third kappa shape index (κ3) is 6.10. The first-order valence-corrected chi connectivity index (χ1v) is 7.29. The van der Waals surface area contributed by atoms with E-state index in [0.29, 0.717) is 6.17 Å². The number of aliphatic hydroxyl groups excluding tert-OH is 1. The molecule has 0 aromatic rings. The van der Waals surface area contributed by atoms with Crippen molar-refractivity contribution in [3.63, 3.8) is 0 Å². The van der Waals surface area contributed by atoms with Crippen LogP contribution in [0.3, 0.4) is 0 Å². The maximum absolute atomic E-state index is 8.95. The van der Waals surface area contributed by atoms with Crippen molar-refractivity contribution >= 4 is 0 Å². The fraction of sp³-hybridized carbons (Fsp3) is 0.733. The molecule has 2 N–H and O–H groups in total. The first-order valence-electron chi connectivity index (χ1n) is 7.29. The van der Waals surface area contributed by atoms with E-state index in [4.69, 9.17) is 5.11 Å². The molecule has 0 spiro atoms. The van der Waals surface area contributed by atoms with Gasteiger partial charge in [0.1, 0.15) is 0 Å². The third-order valence-corrected chi connectivity index (χ3v) is 3.40. The van der Waals surface area contributed by atoms with Crippen LogP contribution in [0.2, 0.25) is 0 Å². The van der Waals surface area contributed by atoms with Crippen LogP contribution in [-0.4, -0.2) is 29.3 Å². The lowest BCUT2D eigenvalue weighted by Crippen LogP contribution is -2.36. The van der Waals surface area contributed by atoms with Crippen LogP contribution in [0.4, 0.5) is 0 Å². The van der Waals surface area contributed by atoms with Crippen molar-refractivity contribution in [2.75, 3.05) is 13.2 Å². The first kappa shape index (κ1) is 15.1. The highest BCUT2D eigenvalue weighted by Crippen LogP contribution is 2.14. The Kier molecular flexibility index (Phi) is 8.40. The predicted octanol–water partition coefficient (Wildman–Crippen LogP) is 2.99. The molecule has 1 rings (SSSR count). The van der Waals surface area contributed by atoms with Gasteiger partial charge in [-0.25, -0.2) is 0 Å². The van der Waals surface area contributed by atoms with E-state index in [1.807, 2.05) is 12.4 Å². The zero-order valence-corrected chi connectivity index (χ0v) is 11.6. The van der Waals surface area contributed by atoms with Gasteiger partial charge in [-0.05, 0) is 32.6 Å². The van der Waals surface area contributed by atoms with Gasteiger partial charge in [-0.1, -0.05) is 31.4 Å². The minimum Gasteiger partial charge on any atom is -0.395 e. The Morgan fingerprint density at radius 1 is 1.22 bits per heavy atom. The van der Waals surface area contributed by atoms with E-state index >= 15 is 0 Å². The Morgan fingerprint density at radius 3 is 2.78 bits per heavy atom. The lowest BCUT2D eigenvalue weighted by atomic mass is 10.1. The molecular weight excluding hydrogens is 224 g/mol. The molecular formula is C15H28N2O. The van der Waals surface area contributed by atoms with Gasteiger partial charge in [0.2, 0.25) is 0 Å². The molecule has 18 heavy (non-hydrogen) atoms. The third-order valence-electron chi connectivity index (χ3n) is 3.40. The van der Waals surface area contributed by atoms with Crippen molar-refractivity contribution < 1.29 is 5.11 Å². The van der Waals surface area contributed by atoms with Crippen molar-refractivity contribution in [2.24, 2.45) is 0 Å². The van der Waals surface area contributed by atoms with Crippen LogP contribution in [0, 0.1) is 0 Å². The summed E-state index contributed by atoms with van der Waals surface area (Å²) in [5.41, 5.74) is 0. The predicted molar refractivity (Wildman–Crippen MR) is 77.0 cm³/mol. The number of rotatable bonds is 10. The molecule has 0 aromatic heterocycles. The summed E-state index contributed by atoms with van der Waals surface area (Å²) in [7, 11) is 0. The second kappa shape index (κ2) is 10.0. The molecule has 0 aromatic carbocycles. The summed E-state index contributed by atoms with van der Waals surface area (Å²) < 4.78 is 0. The van der Waals surface area contributed by atoms with Crippen LogP contribution < -0.4 is 5.32 Å². The molecule has 0 saturated carbocycles. The Morgan fingerprint density at radius 2 is 2.00 bits per heavy atom. The summed E-state index contributed by atoms with van der Waals surface area (Å²) >= 11 is 0. The van der Waals surface area contributed by atoms with E-state index in [1.54, 1.807) is 0 Å². The summed E-state index contributed by atoms with van der Waals surface area (Å²) in [6.45, 7) is 3.05. The minimum atomic E-state index is 0.230. The van der Waals surface area contributed by atoms with Crippen LogP contribution in [0.15, 0.2) is 24.6 Å². The van der Waals surface area contributed by atoms with Crippen LogP contribution in [0.25, 0.3) is 0 Å². The quantitative estimate of drug-likeness (QED) is 0.463. The highest BCUT2D eigenvalue weighted by Gasteiger charge is 2.16. The fourth-order valence-corrected chi connectivity index (χ4v) is 2.34. The zero-order valence-electron chi connectivity index (χ0n) is 11.6. The Bertz CT molecular complexity index is 251. The van der Waals surface area contributed by atoms with E-state index in [-0.39, 0.29) is 6.61 Å². The van der Waals surface area contributed by atoms with Crippen molar-refractivity contribution in [1.29, 1.82) is 0 Å². The number of unbranched alkanes of at least 4 members (excludes halogenated alkanes) is 5. The molecule has 3 nitrogen and oxygen atoms in total. The number of hydrogen-bond donors (Lipinski definition) is 2. The summed E-state index contributed by atoms with van der Waals surface area (Å²) in [5.74, 6) is 0. The Hall–Kier alpha value is -0.960. The number of nitrogens with zero attached hydrogens (tertiary/aromatic N) is 1. The van der Waals surface area contributed by atoms with Crippen molar-refractivity contribution in [1.82, 2.24) is 10.2 Å². The van der Waals surface area contributed by atoms with Gasteiger partial charge in [0.25, 0.3) is 0 Å². The van der Waals surface area contributed by atoms with Gasteiger partial charge in [-0.15, -0.1) is 0 Å². The molecule has 1 heterocycles. The number of hydrogen-bond acceptors (Lipinski definition) is 3. The standard InChI is InChI=1S/C15H28N2O/c1-2-3-4-5-6-7-8-9-10-15-16-11-12-17(15)13-14-18/h2-3,11-12,15-16,18H,4-10,13-14H2,1H3/b3-2+. The molecule has 0 fully saturated rings. The largest absolute Gasteiger partial charge is 0.395 e. The first-order chi connectivity index (χ1) is 8.88. The monoisotopic (exact) mass is 252 g/mol. The number of nitrogens with one attached hydrogen (secondary N) is 1. The van der Waals surface area contributed by atoms with Gasteiger partial charge in [0.15, 0.2) is 0 Å². The average Bonchev–Trinajstić information content (AvgIpc) is 2.81. The van der Waals surface area contributed by atoms with Crippen LogP contribution in [0.1, 0.15) is 51.9 Å². The van der Waals surface area contributed by atoms with Gasteiger partial charge in [0, 0.05) is 18.9 Å². The molecule has 1 unspecified atom stereocenters. The number of β-amino-alcohol motifs (C(OH)–C–C–N with tert-alkyl or cyclic N) is 1. The lowest BCUT2D eigenvalue weighted by Gasteiger charge is -2.24. The normalized spacial score (nSPS) is 18.8. The molecule has 0 radical (unpaired) electrons. The zero-order chi connectivity index (χ0) is 13.1. The van der Waals surface area contributed by atoms with E-state index in [2.05, 4.69) is 29.3 Å². The molecule has 0 amide bonds. The topological polar surface area (TPSA) is 35.5 Å². The highest BCUT2D eigenvalue weighted by atomic mass is 16.3. The van der Waals surface area contributed by atoms with E-state index in [1.165, 1.54) is 44.9 Å². The second-order valence-electron chi connectivity index (χ2n) is 4.87. The second-order valence-corrected chi connectivity index (χ2v) is 4.87. The molecule has 0 aliphatic carbocycles. The molecule has 104 valence electrons.